The normalized spacial score (nSPS) is 10.8. The van der Waals surface area contributed by atoms with E-state index in [0.717, 1.165) is 31.1 Å². The van der Waals surface area contributed by atoms with Crippen LogP contribution in [0.4, 0.5) is 5.69 Å². The van der Waals surface area contributed by atoms with E-state index in [4.69, 9.17) is 5.73 Å². The van der Waals surface area contributed by atoms with E-state index in [1.54, 1.807) is 12.4 Å². The smallest absolute Gasteiger partial charge is 0.142 e. The van der Waals surface area contributed by atoms with Crippen molar-refractivity contribution in [1.82, 2.24) is 14.9 Å². The van der Waals surface area contributed by atoms with E-state index in [1.807, 2.05) is 18.2 Å². The molecule has 0 spiro atoms. The summed E-state index contributed by atoms with van der Waals surface area (Å²) >= 11 is 0. The van der Waals surface area contributed by atoms with E-state index >= 15 is 0 Å². The first-order valence-corrected chi connectivity index (χ1v) is 6.10. The van der Waals surface area contributed by atoms with Crippen molar-refractivity contribution in [3.8, 4) is 0 Å². The highest BCUT2D eigenvalue weighted by Gasteiger charge is 2.06. The topological polar surface area (TPSA) is 55.0 Å². The van der Waals surface area contributed by atoms with Gasteiger partial charge in [-0.1, -0.05) is 19.1 Å². The van der Waals surface area contributed by atoms with Crippen LogP contribution in [-0.4, -0.2) is 21.4 Å². The van der Waals surface area contributed by atoms with Gasteiger partial charge < -0.3 is 5.73 Å². The molecule has 4 nitrogen and oxygen atoms in total. The molecule has 1 aromatic heterocycles. The molecule has 0 saturated heterocycles. The summed E-state index contributed by atoms with van der Waals surface area (Å²) in [6.45, 7) is 4.75. The molecule has 1 heterocycles. The molecule has 94 valence electrons. The van der Waals surface area contributed by atoms with Crippen molar-refractivity contribution >= 4 is 5.69 Å². The molecule has 0 saturated carbocycles. The van der Waals surface area contributed by atoms with E-state index in [1.165, 1.54) is 5.56 Å². The average Bonchev–Trinajstić information content (AvgIpc) is 2.41. The van der Waals surface area contributed by atoms with E-state index in [2.05, 4.69) is 33.9 Å². The Morgan fingerprint density at radius 1 is 1.06 bits per heavy atom. The molecule has 0 aliphatic heterocycles. The van der Waals surface area contributed by atoms with Gasteiger partial charge in [0, 0.05) is 24.6 Å². The van der Waals surface area contributed by atoms with Crippen LogP contribution in [0.1, 0.15) is 18.3 Å². The molecule has 4 heteroatoms. The second-order valence-electron chi connectivity index (χ2n) is 4.21. The fourth-order valence-electron chi connectivity index (χ4n) is 1.77. The maximum Gasteiger partial charge on any atom is 0.142 e. The minimum atomic E-state index is 0.766. The van der Waals surface area contributed by atoms with Crippen molar-refractivity contribution in [1.29, 1.82) is 0 Å². The summed E-state index contributed by atoms with van der Waals surface area (Å²) in [5.74, 6) is 0.856. The number of aromatic nitrogens is 2. The van der Waals surface area contributed by atoms with Crippen LogP contribution in [0.2, 0.25) is 0 Å². The van der Waals surface area contributed by atoms with Gasteiger partial charge in [-0.25, -0.2) is 9.97 Å². The quantitative estimate of drug-likeness (QED) is 0.816. The maximum absolute atomic E-state index is 5.68. The summed E-state index contributed by atoms with van der Waals surface area (Å²) in [6.07, 6.45) is 3.55. The van der Waals surface area contributed by atoms with E-state index in [0.29, 0.717) is 0 Å². The highest BCUT2D eigenvalue weighted by molar-refractivity contribution is 5.39. The first-order chi connectivity index (χ1) is 8.78. The zero-order valence-corrected chi connectivity index (χ0v) is 10.6. The third-order valence-corrected chi connectivity index (χ3v) is 2.82. The van der Waals surface area contributed by atoms with Crippen molar-refractivity contribution in [2.75, 3.05) is 12.3 Å². The van der Waals surface area contributed by atoms with Gasteiger partial charge >= 0.3 is 0 Å². The zero-order chi connectivity index (χ0) is 12.8. The third-order valence-electron chi connectivity index (χ3n) is 2.82. The van der Waals surface area contributed by atoms with Crippen LogP contribution in [-0.2, 0) is 13.1 Å². The molecule has 0 aliphatic carbocycles. The van der Waals surface area contributed by atoms with E-state index in [-0.39, 0.29) is 0 Å². The number of benzene rings is 1. The van der Waals surface area contributed by atoms with Gasteiger partial charge in [-0.2, -0.15) is 0 Å². The standard InChI is InChI=1S/C14H18N4/c1-2-18(11-14-16-8-3-9-17-14)10-12-4-6-13(15)7-5-12/h3-9H,2,10-11,15H2,1H3. The Morgan fingerprint density at radius 2 is 1.72 bits per heavy atom. The van der Waals surface area contributed by atoms with Gasteiger partial charge in [0.1, 0.15) is 5.82 Å². The van der Waals surface area contributed by atoms with Gasteiger partial charge in [0.25, 0.3) is 0 Å². The van der Waals surface area contributed by atoms with Gasteiger partial charge in [-0.05, 0) is 30.3 Å². The van der Waals surface area contributed by atoms with Crippen molar-refractivity contribution < 1.29 is 0 Å². The minimum Gasteiger partial charge on any atom is -0.399 e. The molecule has 0 amide bonds. The van der Waals surface area contributed by atoms with Crippen LogP contribution in [0.5, 0.6) is 0 Å². The van der Waals surface area contributed by atoms with Crippen LogP contribution in [0.15, 0.2) is 42.7 Å². The lowest BCUT2D eigenvalue weighted by Crippen LogP contribution is -2.23. The monoisotopic (exact) mass is 242 g/mol. The number of nitrogens with zero attached hydrogens (tertiary/aromatic N) is 3. The molecule has 0 bridgehead atoms. The van der Waals surface area contributed by atoms with E-state index in [9.17, 15) is 0 Å². The van der Waals surface area contributed by atoms with Crippen LogP contribution in [0.3, 0.4) is 0 Å². The van der Waals surface area contributed by atoms with Crippen molar-refractivity contribution in [2.24, 2.45) is 0 Å². The Hall–Kier alpha value is -1.94. The van der Waals surface area contributed by atoms with Crippen molar-refractivity contribution in [2.45, 2.75) is 20.0 Å². The highest BCUT2D eigenvalue weighted by Crippen LogP contribution is 2.09. The number of nitrogen functional groups attached to an aromatic ring is 1. The lowest BCUT2D eigenvalue weighted by molar-refractivity contribution is 0.264. The summed E-state index contributed by atoms with van der Waals surface area (Å²) in [5.41, 5.74) is 7.73. The molecule has 0 fully saturated rings. The Kier molecular flexibility index (Phi) is 4.25. The first-order valence-electron chi connectivity index (χ1n) is 6.10. The summed E-state index contributed by atoms with van der Waals surface area (Å²) in [4.78, 5) is 10.8. The molecular weight excluding hydrogens is 224 g/mol. The van der Waals surface area contributed by atoms with Gasteiger partial charge in [-0.3, -0.25) is 4.90 Å². The van der Waals surface area contributed by atoms with Gasteiger partial charge in [0.2, 0.25) is 0 Å². The Bertz CT molecular complexity index is 467. The van der Waals surface area contributed by atoms with Crippen LogP contribution >= 0.6 is 0 Å². The first kappa shape index (κ1) is 12.5. The Morgan fingerprint density at radius 3 is 2.33 bits per heavy atom. The summed E-state index contributed by atoms with van der Waals surface area (Å²) in [6, 6.07) is 9.82. The highest BCUT2D eigenvalue weighted by atomic mass is 15.1. The number of rotatable bonds is 5. The number of hydrogen-bond donors (Lipinski definition) is 1. The lowest BCUT2D eigenvalue weighted by atomic mass is 10.2. The number of nitrogens with two attached hydrogens (primary N) is 1. The predicted octanol–water partition coefficient (Wildman–Crippen LogP) is 2.08. The molecule has 2 rings (SSSR count). The predicted molar refractivity (Wildman–Crippen MR) is 72.7 cm³/mol. The fourth-order valence-corrected chi connectivity index (χ4v) is 1.77. The van der Waals surface area contributed by atoms with Gasteiger partial charge in [0.05, 0.1) is 6.54 Å². The molecular formula is C14H18N4. The van der Waals surface area contributed by atoms with Gasteiger partial charge in [0.15, 0.2) is 0 Å². The largest absolute Gasteiger partial charge is 0.399 e. The molecule has 0 unspecified atom stereocenters. The van der Waals surface area contributed by atoms with Crippen LogP contribution < -0.4 is 5.73 Å². The second kappa shape index (κ2) is 6.12. The maximum atomic E-state index is 5.68. The Balaban J connectivity index is 1.99. The molecule has 1 aromatic carbocycles. The van der Waals surface area contributed by atoms with Crippen molar-refractivity contribution in [3.05, 3.63) is 54.1 Å². The second-order valence-corrected chi connectivity index (χ2v) is 4.21. The third kappa shape index (κ3) is 3.53. The molecule has 0 aliphatic rings. The molecule has 0 radical (unpaired) electrons. The van der Waals surface area contributed by atoms with Gasteiger partial charge in [-0.15, -0.1) is 0 Å². The summed E-state index contributed by atoms with van der Waals surface area (Å²) in [5, 5.41) is 0. The summed E-state index contributed by atoms with van der Waals surface area (Å²) < 4.78 is 0. The minimum absolute atomic E-state index is 0.766. The zero-order valence-electron chi connectivity index (χ0n) is 10.6. The lowest BCUT2D eigenvalue weighted by Gasteiger charge is -2.19. The van der Waals surface area contributed by atoms with Crippen LogP contribution in [0, 0.1) is 0 Å². The fraction of sp³-hybridized carbons (Fsp3) is 0.286. The number of anilines is 1. The van der Waals surface area contributed by atoms with E-state index < -0.39 is 0 Å². The SMILES string of the molecule is CCN(Cc1ccc(N)cc1)Cc1ncccn1. The summed E-state index contributed by atoms with van der Waals surface area (Å²) in [7, 11) is 0. The Labute approximate surface area is 107 Å². The molecule has 2 aromatic rings. The number of hydrogen-bond acceptors (Lipinski definition) is 4. The average molecular weight is 242 g/mol. The van der Waals surface area contributed by atoms with Crippen LogP contribution in [0.25, 0.3) is 0 Å². The molecule has 18 heavy (non-hydrogen) atoms. The molecule has 0 atom stereocenters. The van der Waals surface area contributed by atoms with Crippen molar-refractivity contribution in [3.63, 3.8) is 0 Å². The molecule has 2 N–H and O–H groups in total.